The topological polar surface area (TPSA) is 0 Å². The predicted molar refractivity (Wildman–Crippen MR) is 87.5 cm³/mol. The third-order valence-electron chi connectivity index (χ3n) is 3.78. The van der Waals surface area contributed by atoms with Gasteiger partial charge in [0, 0.05) is 0 Å². The van der Waals surface area contributed by atoms with Crippen molar-refractivity contribution in [3.8, 4) is 0 Å². The molecule has 0 atom stereocenters. The molecule has 0 amide bonds. The number of hydrogen-bond acceptors (Lipinski definition) is 0. The molecule has 3 aromatic carbocycles. The summed E-state index contributed by atoms with van der Waals surface area (Å²) < 4.78 is 0. The van der Waals surface area contributed by atoms with E-state index in [0.29, 0.717) is 0 Å². The van der Waals surface area contributed by atoms with E-state index >= 15 is 0 Å². The highest BCUT2D eigenvalue weighted by Crippen LogP contribution is 2.25. The van der Waals surface area contributed by atoms with E-state index in [9.17, 15) is 0 Å². The molecule has 0 aliphatic carbocycles. The molecule has 0 unspecified atom stereocenters. The standard InChI is InChI=1S/C18H18.CH4/c1-3-4-7-15-12-16-10-5-8-14-9-6-11-17(13(15)2)18(14)16;/h5-6,8-12H,2-4,7H2,1H3;1H4. The Morgan fingerprint density at radius 1 is 1.00 bits per heavy atom. The molecule has 0 heteroatoms. The van der Waals surface area contributed by atoms with Gasteiger partial charge in [-0.25, -0.2) is 0 Å². The molecule has 0 nitrogen and oxygen atoms in total. The fraction of sp³-hybridized carbons (Fsp3) is 0.263. The van der Waals surface area contributed by atoms with Gasteiger partial charge < -0.3 is 0 Å². The minimum atomic E-state index is 0. The summed E-state index contributed by atoms with van der Waals surface area (Å²) in [4.78, 5) is 0. The first-order chi connectivity index (χ1) is 8.81. The quantitative estimate of drug-likeness (QED) is 0.606. The lowest BCUT2D eigenvalue weighted by atomic mass is 9.94. The van der Waals surface area contributed by atoms with Gasteiger partial charge in [-0.2, -0.15) is 0 Å². The van der Waals surface area contributed by atoms with Crippen LogP contribution >= 0.6 is 0 Å². The van der Waals surface area contributed by atoms with Crippen LogP contribution in [0.4, 0.5) is 0 Å². The molecule has 3 aromatic rings. The minimum absolute atomic E-state index is 0. The van der Waals surface area contributed by atoms with Gasteiger partial charge in [-0.3, -0.25) is 0 Å². The van der Waals surface area contributed by atoms with E-state index in [1.807, 2.05) is 0 Å². The van der Waals surface area contributed by atoms with E-state index in [-0.39, 0.29) is 7.43 Å². The molecule has 3 rings (SSSR count). The summed E-state index contributed by atoms with van der Waals surface area (Å²) >= 11 is 0. The normalized spacial score (nSPS) is 10.8. The third kappa shape index (κ3) is 2.23. The van der Waals surface area contributed by atoms with Crippen molar-refractivity contribution in [1.29, 1.82) is 0 Å². The van der Waals surface area contributed by atoms with E-state index in [0.717, 1.165) is 6.42 Å². The molecule has 0 saturated carbocycles. The average molecular weight is 250 g/mol. The zero-order valence-corrected chi connectivity index (χ0v) is 10.9. The molecule has 19 heavy (non-hydrogen) atoms. The number of unbranched alkanes of at least 4 members (excludes halogenated alkanes) is 1. The molecular weight excluding hydrogens is 228 g/mol. The van der Waals surface area contributed by atoms with Gasteiger partial charge in [-0.15, -0.1) is 0 Å². The summed E-state index contributed by atoms with van der Waals surface area (Å²) in [5, 5.41) is 6.56. The van der Waals surface area contributed by atoms with E-state index in [2.05, 4.69) is 56.0 Å². The molecule has 0 saturated heterocycles. The lowest BCUT2D eigenvalue weighted by Crippen LogP contribution is -2.08. The van der Waals surface area contributed by atoms with Gasteiger partial charge in [0.15, 0.2) is 0 Å². The van der Waals surface area contributed by atoms with Gasteiger partial charge in [0.05, 0.1) is 0 Å². The highest BCUT2D eigenvalue weighted by molar-refractivity contribution is 6.10. The summed E-state index contributed by atoms with van der Waals surface area (Å²) in [7, 11) is 0. The van der Waals surface area contributed by atoms with Crippen LogP contribution in [0.3, 0.4) is 0 Å². The highest BCUT2D eigenvalue weighted by Gasteiger charge is 2.05. The zero-order valence-electron chi connectivity index (χ0n) is 10.9. The SMILES string of the molecule is C.C=c1c(CCCC)cc2cccc3cccc1c32. The molecule has 0 bridgehead atoms. The van der Waals surface area contributed by atoms with Crippen molar-refractivity contribution in [2.75, 3.05) is 0 Å². The summed E-state index contributed by atoms with van der Waals surface area (Å²) in [5.41, 5.74) is 1.41. The minimum Gasteiger partial charge on any atom is -0.0909 e. The van der Waals surface area contributed by atoms with Crippen molar-refractivity contribution in [3.63, 3.8) is 0 Å². The Kier molecular flexibility index (Phi) is 3.90. The molecule has 0 heterocycles. The van der Waals surface area contributed by atoms with Crippen LogP contribution in [-0.4, -0.2) is 0 Å². The molecule has 0 aliphatic rings. The Bertz CT molecular complexity index is 732. The lowest BCUT2D eigenvalue weighted by Gasteiger charge is -2.10. The molecule has 0 N–H and O–H groups in total. The van der Waals surface area contributed by atoms with Crippen molar-refractivity contribution >= 4 is 28.1 Å². The number of aryl methyl sites for hydroxylation is 1. The molecular formula is C19H22. The fourth-order valence-electron chi connectivity index (χ4n) is 2.78. The van der Waals surface area contributed by atoms with E-state index < -0.39 is 0 Å². The number of hydrogen-bond donors (Lipinski definition) is 0. The number of rotatable bonds is 3. The second kappa shape index (κ2) is 5.44. The van der Waals surface area contributed by atoms with Gasteiger partial charge in [0.25, 0.3) is 0 Å². The first-order valence-corrected chi connectivity index (χ1v) is 6.73. The van der Waals surface area contributed by atoms with Crippen molar-refractivity contribution < 1.29 is 0 Å². The maximum absolute atomic E-state index is 4.30. The summed E-state index contributed by atoms with van der Waals surface area (Å²) in [6.45, 7) is 6.54. The Morgan fingerprint density at radius 2 is 1.68 bits per heavy atom. The molecule has 98 valence electrons. The van der Waals surface area contributed by atoms with Crippen molar-refractivity contribution in [1.82, 2.24) is 0 Å². The maximum atomic E-state index is 4.30. The first-order valence-electron chi connectivity index (χ1n) is 6.73. The predicted octanol–water partition coefficient (Wildman–Crippen LogP) is 5.10. The van der Waals surface area contributed by atoms with Crippen molar-refractivity contribution in [2.45, 2.75) is 33.6 Å². The zero-order chi connectivity index (χ0) is 12.5. The van der Waals surface area contributed by atoms with Gasteiger partial charge in [0.2, 0.25) is 0 Å². The van der Waals surface area contributed by atoms with Gasteiger partial charge >= 0.3 is 0 Å². The van der Waals surface area contributed by atoms with Crippen LogP contribution in [0.1, 0.15) is 32.8 Å². The van der Waals surface area contributed by atoms with Gasteiger partial charge in [0.1, 0.15) is 0 Å². The van der Waals surface area contributed by atoms with Crippen LogP contribution in [0.2, 0.25) is 0 Å². The van der Waals surface area contributed by atoms with Gasteiger partial charge in [-0.05, 0) is 45.2 Å². The van der Waals surface area contributed by atoms with Crippen LogP contribution < -0.4 is 5.22 Å². The highest BCUT2D eigenvalue weighted by atomic mass is 14.1. The largest absolute Gasteiger partial charge is 0.0909 e. The van der Waals surface area contributed by atoms with Crippen molar-refractivity contribution in [2.24, 2.45) is 0 Å². The number of benzene rings is 3. The van der Waals surface area contributed by atoms with Crippen molar-refractivity contribution in [3.05, 3.63) is 53.2 Å². The Morgan fingerprint density at radius 3 is 2.42 bits per heavy atom. The fourth-order valence-corrected chi connectivity index (χ4v) is 2.78. The second-order valence-corrected chi connectivity index (χ2v) is 5.00. The Balaban J connectivity index is 0.00000133. The molecule has 0 spiro atoms. The molecule has 0 aliphatic heterocycles. The van der Waals surface area contributed by atoms with E-state index in [1.165, 1.54) is 45.2 Å². The summed E-state index contributed by atoms with van der Waals surface area (Å²) in [5.74, 6) is 0. The van der Waals surface area contributed by atoms with Gasteiger partial charge in [-0.1, -0.05) is 69.8 Å². The maximum Gasteiger partial charge on any atom is -0.00329 e. The van der Waals surface area contributed by atoms with Crippen LogP contribution in [0.5, 0.6) is 0 Å². The third-order valence-corrected chi connectivity index (χ3v) is 3.78. The second-order valence-electron chi connectivity index (χ2n) is 5.00. The van der Waals surface area contributed by atoms with Crippen LogP contribution in [0.15, 0.2) is 42.5 Å². The Hall–Kier alpha value is -1.82. The van der Waals surface area contributed by atoms with Crippen LogP contribution in [-0.2, 0) is 6.42 Å². The lowest BCUT2D eigenvalue weighted by molar-refractivity contribution is 0.794. The summed E-state index contributed by atoms with van der Waals surface area (Å²) in [6.07, 6.45) is 3.61. The molecule has 0 fully saturated rings. The molecule has 0 radical (unpaired) electrons. The summed E-state index contributed by atoms with van der Waals surface area (Å²) in [6, 6.07) is 15.4. The van der Waals surface area contributed by atoms with E-state index in [1.54, 1.807) is 0 Å². The van der Waals surface area contributed by atoms with Crippen LogP contribution in [0, 0.1) is 0 Å². The monoisotopic (exact) mass is 250 g/mol. The Labute approximate surface area is 115 Å². The van der Waals surface area contributed by atoms with Crippen LogP contribution in [0.25, 0.3) is 28.1 Å². The first kappa shape index (κ1) is 13.6. The van der Waals surface area contributed by atoms with E-state index in [4.69, 9.17) is 0 Å². The smallest absolute Gasteiger partial charge is 0.00329 e. The molecule has 0 aromatic heterocycles. The average Bonchev–Trinajstić information content (AvgIpc) is 2.41.